The normalized spacial score (nSPS) is 19.8. The van der Waals surface area contributed by atoms with Crippen LogP contribution < -0.4 is 10.6 Å². The van der Waals surface area contributed by atoms with Crippen LogP contribution in [0.1, 0.15) is 31.4 Å². The minimum Gasteiger partial charge on any atom is -0.469 e. The summed E-state index contributed by atoms with van der Waals surface area (Å²) in [5, 5.41) is 6.28. The molecule has 0 aliphatic carbocycles. The molecule has 1 saturated heterocycles. The molecule has 128 valence electrons. The zero-order valence-corrected chi connectivity index (χ0v) is 14.4. The summed E-state index contributed by atoms with van der Waals surface area (Å²) < 4.78 is 4.84. The Hall–Kier alpha value is -1.59. The molecule has 1 heterocycles. The molecule has 0 saturated carbocycles. The number of benzene rings is 1. The molecule has 3 unspecified atom stereocenters. The first kappa shape index (κ1) is 19.5. The van der Waals surface area contributed by atoms with Crippen molar-refractivity contribution in [3.05, 3.63) is 35.9 Å². The van der Waals surface area contributed by atoms with Gasteiger partial charge in [0.25, 0.3) is 0 Å². The van der Waals surface area contributed by atoms with E-state index in [0.717, 1.165) is 24.9 Å². The summed E-state index contributed by atoms with van der Waals surface area (Å²) in [7, 11) is 1.37. The summed E-state index contributed by atoms with van der Waals surface area (Å²) in [5.41, 5.74) is 0.914. The van der Waals surface area contributed by atoms with Gasteiger partial charge < -0.3 is 15.4 Å². The number of amides is 1. The maximum Gasteiger partial charge on any atom is 0.310 e. The number of piperidine rings is 1. The molecule has 1 aromatic carbocycles. The van der Waals surface area contributed by atoms with E-state index in [1.165, 1.54) is 7.11 Å². The summed E-state index contributed by atoms with van der Waals surface area (Å²) in [6.45, 7) is 3.44. The predicted molar refractivity (Wildman–Crippen MR) is 91.3 cm³/mol. The SMILES string of the molecule is COC(=O)C(C)C(NC(=O)C1CCCNC1)c1ccccc1.Cl. The van der Waals surface area contributed by atoms with Gasteiger partial charge in [0.05, 0.1) is 25.0 Å². The van der Waals surface area contributed by atoms with Crippen molar-refractivity contribution < 1.29 is 14.3 Å². The topological polar surface area (TPSA) is 67.4 Å². The molecule has 1 fully saturated rings. The van der Waals surface area contributed by atoms with E-state index in [1.54, 1.807) is 6.92 Å². The second-order valence-corrected chi connectivity index (χ2v) is 5.75. The monoisotopic (exact) mass is 340 g/mol. The van der Waals surface area contributed by atoms with Crippen molar-refractivity contribution in [2.24, 2.45) is 11.8 Å². The van der Waals surface area contributed by atoms with Crippen molar-refractivity contribution in [3.63, 3.8) is 0 Å². The first-order valence-electron chi connectivity index (χ1n) is 7.77. The molecular formula is C17H25ClN2O3. The maximum absolute atomic E-state index is 12.5. The van der Waals surface area contributed by atoms with Crippen LogP contribution >= 0.6 is 12.4 Å². The summed E-state index contributed by atoms with van der Waals surface area (Å²) >= 11 is 0. The third-order valence-corrected chi connectivity index (χ3v) is 4.20. The zero-order chi connectivity index (χ0) is 15.9. The number of rotatable bonds is 5. The summed E-state index contributed by atoms with van der Waals surface area (Å²) in [6.07, 6.45) is 1.88. The highest BCUT2D eigenvalue weighted by Crippen LogP contribution is 2.24. The van der Waals surface area contributed by atoms with Gasteiger partial charge in [0.2, 0.25) is 5.91 Å². The van der Waals surface area contributed by atoms with Gasteiger partial charge in [-0.15, -0.1) is 12.4 Å². The van der Waals surface area contributed by atoms with Crippen molar-refractivity contribution in [2.45, 2.75) is 25.8 Å². The molecule has 3 atom stereocenters. The maximum atomic E-state index is 12.5. The molecule has 1 aliphatic rings. The van der Waals surface area contributed by atoms with Crippen molar-refractivity contribution in [1.82, 2.24) is 10.6 Å². The van der Waals surface area contributed by atoms with Gasteiger partial charge in [-0.3, -0.25) is 9.59 Å². The van der Waals surface area contributed by atoms with Crippen LogP contribution in [0.3, 0.4) is 0 Å². The number of methoxy groups -OCH3 is 1. The first-order chi connectivity index (χ1) is 10.6. The molecule has 1 aromatic rings. The second-order valence-electron chi connectivity index (χ2n) is 5.75. The van der Waals surface area contributed by atoms with E-state index in [9.17, 15) is 9.59 Å². The predicted octanol–water partition coefficient (Wildman–Crippen LogP) is 2.07. The van der Waals surface area contributed by atoms with Gasteiger partial charge in [-0.1, -0.05) is 30.3 Å². The van der Waals surface area contributed by atoms with E-state index in [2.05, 4.69) is 10.6 Å². The Labute approximate surface area is 143 Å². The molecule has 0 spiro atoms. The molecule has 6 heteroatoms. The second kappa shape index (κ2) is 9.53. The highest BCUT2D eigenvalue weighted by atomic mass is 35.5. The molecular weight excluding hydrogens is 316 g/mol. The highest BCUT2D eigenvalue weighted by molar-refractivity contribution is 5.85. The molecule has 2 N–H and O–H groups in total. The van der Waals surface area contributed by atoms with Crippen LogP contribution in [0, 0.1) is 11.8 Å². The molecule has 0 aromatic heterocycles. The lowest BCUT2D eigenvalue weighted by Gasteiger charge is -2.28. The van der Waals surface area contributed by atoms with E-state index in [4.69, 9.17) is 4.74 Å². The van der Waals surface area contributed by atoms with Crippen LogP contribution in [-0.2, 0) is 14.3 Å². The molecule has 1 amide bonds. The van der Waals surface area contributed by atoms with Crippen LogP contribution in [-0.4, -0.2) is 32.1 Å². The fourth-order valence-electron chi connectivity index (χ4n) is 2.83. The Bertz CT molecular complexity index is 504. The van der Waals surface area contributed by atoms with Crippen LogP contribution in [0.4, 0.5) is 0 Å². The number of carbonyl (C=O) groups excluding carboxylic acids is 2. The van der Waals surface area contributed by atoms with Gasteiger partial charge in [-0.2, -0.15) is 0 Å². The summed E-state index contributed by atoms with van der Waals surface area (Å²) in [5.74, 6) is -0.801. The van der Waals surface area contributed by atoms with Gasteiger partial charge in [-0.25, -0.2) is 0 Å². The third kappa shape index (κ3) is 5.22. The summed E-state index contributed by atoms with van der Waals surface area (Å²) in [4.78, 5) is 24.4. The third-order valence-electron chi connectivity index (χ3n) is 4.20. The molecule has 23 heavy (non-hydrogen) atoms. The quantitative estimate of drug-likeness (QED) is 0.805. The van der Waals surface area contributed by atoms with Crippen molar-refractivity contribution >= 4 is 24.3 Å². The van der Waals surface area contributed by atoms with Crippen molar-refractivity contribution in [2.75, 3.05) is 20.2 Å². The van der Waals surface area contributed by atoms with Crippen LogP contribution in [0.15, 0.2) is 30.3 Å². The van der Waals surface area contributed by atoms with Crippen LogP contribution in [0.25, 0.3) is 0 Å². The average molecular weight is 341 g/mol. The van der Waals surface area contributed by atoms with E-state index < -0.39 is 5.92 Å². The Morgan fingerprint density at radius 2 is 2.00 bits per heavy atom. The fraction of sp³-hybridized carbons (Fsp3) is 0.529. The lowest BCUT2D eigenvalue weighted by atomic mass is 9.92. The van der Waals surface area contributed by atoms with Gasteiger partial charge in [0.1, 0.15) is 0 Å². The molecule has 5 nitrogen and oxygen atoms in total. The number of nitrogens with one attached hydrogen (secondary N) is 2. The lowest BCUT2D eigenvalue weighted by Crippen LogP contribution is -2.44. The Morgan fingerprint density at radius 3 is 2.57 bits per heavy atom. The van der Waals surface area contributed by atoms with Crippen molar-refractivity contribution in [1.29, 1.82) is 0 Å². The minimum absolute atomic E-state index is 0. The van der Waals surface area contributed by atoms with Crippen LogP contribution in [0.2, 0.25) is 0 Å². The van der Waals surface area contributed by atoms with E-state index in [0.29, 0.717) is 6.54 Å². The van der Waals surface area contributed by atoms with Gasteiger partial charge in [0, 0.05) is 6.54 Å². The zero-order valence-electron chi connectivity index (χ0n) is 13.6. The molecule has 2 rings (SSSR count). The number of ether oxygens (including phenoxy) is 1. The minimum atomic E-state index is -0.437. The highest BCUT2D eigenvalue weighted by Gasteiger charge is 2.30. The Kier molecular flexibility index (Phi) is 8.06. The number of carbonyl (C=O) groups is 2. The number of hydrogen-bond donors (Lipinski definition) is 2. The fourth-order valence-corrected chi connectivity index (χ4v) is 2.83. The Balaban J connectivity index is 0.00000264. The first-order valence-corrected chi connectivity index (χ1v) is 7.77. The smallest absolute Gasteiger partial charge is 0.310 e. The average Bonchev–Trinajstić information content (AvgIpc) is 2.59. The standard InChI is InChI=1S/C17H24N2O3.ClH/c1-12(17(21)22-2)15(13-7-4-3-5-8-13)19-16(20)14-9-6-10-18-11-14;/h3-5,7-8,12,14-15,18H,6,9-11H2,1-2H3,(H,19,20);1H. The molecule has 1 aliphatic heterocycles. The molecule has 0 radical (unpaired) electrons. The number of hydrogen-bond acceptors (Lipinski definition) is 4. The van der Waals surface area contributed by atoms with Gasteiger partial charge in [-0.05, 0) is 31.9 Å². The van der Waals surface area contributed by atoms with E-state index >= 15 is 0 Å². The lowest BCUT2D eigenvalue weighted by molar-refractivity contribution is -0.146. The largest absolute Gasteiger partial charge is 0.469 e. The van der Waals surface area contributed by atoms with E-state index in [1.807, 2.05) is 30.3 Å². The molecule has 0 bridgehead atoms. The summed E-state index contributed by atoms with van der Waals surface area (Å²) in [6, 6.07) is 9.19. The Morgan fingerprint density at radius 1 is 1.30 bits per heavy atom. The number of halogens is 1. The van der Waals surface area contributed by atoms with Crippen molar-refractivity contribution in [3.8, 4) is 0 Å². The number of esters is 1. The van der Waals surface area contributed by atoms with Gasteiger partial charge >= 0.3 is 5.97 Å². The van der Waals surface area contributed by atoms with Gasteiger partial charge in [0.15, 0.2) is 0 Å². The van der Waals surface area contributed by atoms with Crippen LogP contribution in [0.5, 0.6) is 0 Å². The van der Waals surface area contributed by atoms with E-state index in [-0.39, 0.29) is 36.2 Å².